The predicted octanol–water partition coefficient (Wildman–Crippen LogP) is 1.69. The fraction of sp³-hybridized carbons (Fsp3) is 0.538. The first-order valence-electron chi connectivity index (χ1n) is 6.22. The molecule has 0 aliphatic carbocycles. The molecule has 0 aromatic carbocycles. The Morgan fingerprint density at radius 1 is 1.58 bits per heavy atom. The summed E-state index contributed by atoms with van der Waals surface area (Å²) in [5.74, 6) is -1.07. The Hall–Kier alpha value is -1.40. The van der Waals surface area contributed by atoms with Crippen molar-refractivity contribution in [3.05, 3.63) is 21.9 Å². The fourth-order valence-electron chi connectivity index (χ4n) is 2.36. The Balaban J connectivity index is 2.12. The largest absolute Gasteiger partial charge is 0.479 e. The minimum Gasteiger partial charge on any atom is -0.479 e. The van der Waals surface area contributed by atoms with Gasteiger partial charge in [-0.1, -0.05) is 0 Å². The van der Waals surface area contributed by atoms with Gasteiger partial charge in [0.1, 0.15) is 0 Å². The van der Waals surface area contributed by atoms with Gasteiger partial charge in [-0.25, -0.2) is 4.79 Å². The monoisotopic (exact) mass is 283 g/mol. The molecule has 1 aliphatic heterocycles. The van der Waals surface area contributed by atoms with E-state index in [0.717, 1.165) is 16.9 Å². The molecule has 1 aromatic heterocycles. The van der Waals surface area contributed by atoms with Gasteiger partial charge in [0.2, 0.25) is 5.91 Å². The van der Waals surface area contributed by atoms with Gasteiger partial charge >= 0.3 is 5.97 Å². The van der Waals surface area contributed by atoms with Gasteiger partial charge in [-0.15, -0.1) is 11.3 Å². The molecule has 6 heteroatoms. The number of carbonyl (C=O) groups is 2. The number of hydrogen-bond donors (Lipinski definition) is 1. The lowest BCUT2D eigenvalue weighted by atomic mass is 9.99. The molecule has 0 fully saturated rings. The average molecular weight is 283 g/mol. The smallest absolute Gasteiger partial charge is 0.331 e. The van der Waals surface area contributed by atoms with Gasteiger partial charge in [-0.2, -0.15) is 0 Å². The van der Waals surface area contributed by atoms with Gasteiger partial charge in [-0.05, 0) is 29.9 Å². The molecule has 1 amide bonds. The maximum absolute atomic E-state index is 12.1. The van der Waals surface area contributed by atoms with Crippen LogP contribution >= 0.6 is 11.3 Å². The molecule has 1 aromatic rings. The Morgan fingerprint density at radius 3 is 3.05 bits per heavy atom. The van der Waals surface area contributed by atoms with Crippen molar-refractivity contribution in [3.8, 4) is 0 Å². The number of ether oxygens (including phenoxy) is 1. The summed E-state index contributed by atoms with van der Waals surface area (Å²) in [6, 6.07) is 0.984. The average Bonchev–Trinajstić information content (AvgIpc) is 2.85. The van der Waals surface area contributed by atoms with Crippen molar-refractivity contribution >= 4 is 23.2 Å². The highest BCUT2D eigenvalue weighted by Gasteiger charge is 2.36. The number of carboxylic acid groups (broad SMARTS) is 1. The first-order valence-corrected chi connectivity index (χ1v) is 7.10. The molecule has 104 valence electrons. The van der Waals surface area contributed by atoms with Crippen molar-refractivity contribution < 1.29 is 19.4 Å². The second-order valence-electron chi connectivity index (χ2n) is 4.47. The molecular weight excluding hydrogens is 266 g/mol. The topological polar surface area (TPSA) is 66.8 Å². The first-order chi connectivity index (χ1) is 9.15. The molecule has 1 unspecified atom stereocenters. The van der Waals surface area contributed by atoms with E-state index in [2.05, 4.69) is 0 Å². The zero-order chi connectivity index (χ0) is 13.8. The van der Waals surface area contributed by atoms with Crippen molar-refractivity contribution in [2.24, 2.45) is 0 Å². The molecule has 0 saturated heterocycles. The van der Waals surface area contributed by atoms with Crippen LogP contribution in [0.5, 0.6) is 0 Å². The standard InChI is InChI=1S/C13H17NO4S/c1-18-7-2-3-11(15)14-6-4-10-9(5-8-19-10)12(14)13(16)17/h5,8,12H,2-4,6-7H2,1H3,(H,16,17). The SMILES string of the molecule is COCCCC(=O)N1CCc2sccc2C1C(=O)O. The summed E-state index contributed by atoms with van der Waals surface area (Å²) in [5.41, 5.74) is 0.767. The molecule has 0 radical (unpaired) electrons. The number of rotatable bonds is 5. The van der Waals surface area contributed by atoms with E-state index in [1.807, 2.05) is 11.4 Å². The number of hydrogen-bond acceptors (Lipinski definition) is 4. The van der Waals surface area contributed by atoms with E-state index >= 15 is 0 Å². The van der Waals surface area contributed by atoms with Crippen molar-refractivity contribution in [1.82, 2.24) is 4.90 Å². The van der Waals surface area contributed by atoms with Crippen LogP contribution in [0, 0.1) is 0 Å². The lowest BCUT2D eigenvalue weighted by molar-refractivity contribution is -0.151. The molecule has 1 atom stereocenters. The number of aliphatic carboxylic acids is 1. The molecular formula is C13H17NO4S. The van der Waals surface area contributed by atoms with Gasteiger partial charge < -0.3 is 14.7 Å². The Morgan fingerprint density at radius 2 is 2.37 bits per heavy atom. The number of nitrogens with zero attached hydrogens (tertiary/aromatic N) is 1. The third-order valence-corrected chi connectivity index (χ3v) is 4.26. The zero-order valence-corrected chi connectivity index (χ0v) is 11.6. The lowest BCUT2D eigenvalue weighted by Crippen LogP contribution is -2.43. The normalized spacial score (nSPS) is 18.2. The molecule has 2 heterocycles. The Bertz CT molecular complexity index is 471. The van der Waals surface area contributed by atoms with E-state index in [4.69, 9.17) is 4.74 Å². The maximum Gasteiger partial charge on any atom is 0.331 e. The van der Waals surface area contributed by atoms with E-state index in [0.29, 0.717) is 26.0 Å². The molecule has 0 bridgehead atoms. The van der Waals surface area contributed by atoms with Crippen LogP contribution in [0.4, 0.5) is 0 Å². The summed E-state index contributed by atoms with van der Waals surface area (Å²) in [5, 5.41) is 11.3. The van der Waals surface area contributed by atoms with Gasteiger partial charge in [-0.3, -0.25) is 4.79 Å². The third-order valence-electron chi connectivity index (χ3n) is 3.26. The van der Waals surface area contributed by atoms with E-state index in [1.54, 1.807) is 18.4 Å². The summed E-state index contributed by atoms with van der Waals surface area (Å²) in [4.78, 5) is 26.1. The van der Waals surface area contributed by atoms with Crippen molar-refractivity contribution in [1.29, 1.82) is 0 Å². The summed E-state index contributed by atoms with van der Waals surface area (Å²) < 4.78 is 4.91. The summed E-state index contributed by atoms with van der Waals surface area (Å²) in [6.45, 7) is 0.997. The molecule has 1 aliphatic rings. The molecule has 2 rings (SSSR count). The molecule has 1 N–H and O–H groups in total. The van der Waals surface area contributed by atoms with E-state index in [1.165, 1.54) is 4.90 Å². The molecule has 19 heavy (non-hydrogen) atoms. The molecule has 0 saturated carbocycles. The summed E-state index contributed by atoms with van der Waals surface area (Å²) in [7, 11) is 1.59. The second kappa shape index (κ2) is 6.16. The Kier molecular flexibility index (Phi) is 4.55. The molecule has 5 nitrogen and oxygen atoms in total. The summed E-state index contributed by atoms with van der Waals surface area (Å²) >= 11 is 1.56. The van der Waals surface area contributed by atoms with Crippen molar-refractivity contribution in [2.75, 3.05) is 20.3 Å². The third kappa shape index (κ3) is 2.96. The van der Waals surface area contributed by atoms with Crippen LogP contribution in [-0.2, 0) is 20.7 Å². The highest BCUT2D eigenvalue weighted by molar-refractivity contribution is 7.10. The molecule has 0 spiro atoms. The van der Waals surface area contributed by atoms with Gasteiger partial charge in [0.25, 0.3) is 0 Å². The van der Waals surface area contributed by atoms with Crippen LogP contribution in [0.3, 0.4) is 0 Å². The summed E-state index contributed by atoms with van der Waals surface area (Å²) in [6.07, 6.45) is 1.69. The first kappa shape index (κ1) is 14.0. The minimum absolute atomic E-state index is 0.110. The van der Waals surface area contributed by atoms with Crippen LogP contribution in [0.1, 0.15) is 29.3 Å². The van der Waals surface area contributed by atoms with Gasteiger partial charge in [0.05, 0.1) is 0 Å². The van der Waals surface area contributed by atoms with Crippen LogP contribution in [0.2, 0.25) is 0 Å². The van der Waals surface area contributed by atoms with Crippen molar-refractivity contribution in [3.63, 3.8) is 0 Å². The fourth-order valence-corrected chi connectivity index (χ4v) is 3.27. The van der Waals surface area contributed by atoms with E-state index in [9.17, 15) is 14.7 Å². The number of fused-ring (bicyclic) bond motifs is 1. The van der Waals surface area contributed by atoms with Gasteiger partial charge in [0, 0.05) is 31.6 Å². The minimum atomic E-state index is -0.959. The predicted molar refractivity (Wildman–Crippen MR) is 71.2 cm³/mol. The zero-order valence-electron chi connectivity index (χ0n) is 10.8. The lowest BCUT2D eigenvalue weighted by Gasteiger charge is -2.33. The Labute approximate surface area is 115 Å². The number of carbonyl (C=O) groups excluding carboxylic acids is 1. The highest BCUT2D eigenvalue weighted by atomic mass is 32.1. The second-order valence-corrected chi connectivity index (χ2v) is 5.47. The number of methoxy groups -OCH3 is 1. The van der Waals surface area contributed by atoms with Gasteiger partial charge in [0.15, 0.2) is 6.04 Å². The van der Waals surface area contributed by atoms with Crippen LogP contribution < -0.4 is 0 Å². The highest BCUT2D eigenvalue weighted by Crippen LogP contribution is 2.33. The van der Waals surface area contributed by atoms with E-state index < -0.39 is 12.0 Å². The quantitative estimate of drug-likeness (QED) is 0.835. The van der Waals surface area contributed by atoms with Crippen LogP contribution in [-0.4, -0.2) is 42.1 Å². The van der Waals surface area contributed by atoms with Crippen molar-refractivity contribution in [2.45, 2.75) is 25.3 Å². The van der Waals surface area contributed by atoms with Crippen LogP contribution in [0.25, 0.3) is 0 Å². The number of amides is 1. The number of carboxylic acids is 1. The van der Waals surface area contributed by atoms with Crippen LogP contribution in [0.15, 0.2) is 11.4 Å². The maximum atomic E-state index is 12.1. The van der Waals surface area contributed by atoms with E-state index in [-0.39, 0.29) is 5.91 Å². The number of thiophene rings is 1.